The Labute approximate surface area is 64.7 Å². The van der Waals surface area contributed by atoms with E-state index in [0.29, 0.717) is 25.5 Å². The molecule has 3 heteroatoms. The molecule has 0 aromatic heterocycles. The van der Waals surface area contributed by atoms with Crippen LogP contribution in [-0.4, -0.2) is 5.11 Å². The van der Waals surface area contributed by atoms with E-state index in [9.17, 15) is 0 Å². The minimum absolute atomic E-state index is 0.322. The summed E-state index contributed by atoms with van der Waals surface area (Å²) in [7, 11) is 0. The standard InChI is InChI=1S/C6H6O.O.W/c7-6-4-2-1-3-5-6;;/h1-5,7H;;. The number of rotatable bonds is 0. The Hall–Kier alpha value is -0.492. The van der Waals surface area contributed by atoms with Gasteiger partial charge >= 0.3 is 23.2 Å². The summed E-state index contributed by atoms with van der Waals surface area (Å²) in [6.07, 6.45) is 0. The van der Waals surface area contributed by atoms with Crippen LogP contribution in [0.5, 0.6) is 5.75 Å². The first-order valence-electron chi connectivity index (χ1n) is 2.30. The van der Waals surface area contributed by atoms with Gasteiger partial charge in [0.2, 0.25) is 0 Å². The number of benzene rings is 1. The second-order valence-electron chi connectivity index (χ2n) is 1.34. The molecule has 0 saturated heterocycles. The van der Waals surface area contributed by atoms with Crippen LogP contribution in [0.2, 0.25) is 0 Å². The first-order valence-corrected chi connectivity index (χ1v) is 3.50. The summed E-state index contributed by atoms with van der Waals surface area (Å²) in [5.74, 6) is 0.322. The topological polar surface area (TPSA) is 37.3 Å². The number of hydrogen-bond donors (Lipinski definition) is 1. The summed E-state index contributed by atoms with van der Waals surface area (Å²) >= 11 is 0.333. The fourth-order valence-electron chi connectivity index (χ4n) is 0.428. The van der Waals surface area contributed by atoms with Crippen LogP contribution in [0.15, 0.2) is 30.3 Å². The Kier molecular flexibility index (Phi) is 5.33. The van der Waals surface area contributed by atoms with Crippen LogP contribution in [0.4, 0.5) is 0 Å². The summed E-state index contributed by atoms with van der Waals surface area (Å²) in [6, 6.07) is 8.71. The van der Waals surface area contributed by atoms with E-state index in [-0.39, 0.29) is 0 Å². The van der Waals surface area contributed by atoms with Crippen molar-refractivity contribution in [3.8, 4) is 5.75 Å². The Balaban J connectivity index is 0.000000291. The van der Waals surface area contributed by atoms with Gasteiger partial charge in [0, 0.05) is 0 Å². The van der Waals surface area contributed by atoms with Crippen molar-refractivity contribution >= 4 is 0 Å². The summed E-state index contributed by atoms with van der Waals surface area (Å²) < 4.78 is 8.33. The Morgan fingerprint density at radius 3 is 1.78 bits per heavy atom. The molecule has 0 bridgehead atoms. The van der Waals surface area contributed by atoms with Crippen LogP contribution in [-0.2, 0) is 23.2 Å². The van der Waals surface area contributed by atoms with Crippen LogP contribution in [0, 0.1) is 0 Å². The van der Waals surface area contributed by atoms with Crippen molar-refractivity contribution < 1.29 is 28.3 Å². The molecular weight excluding hydrogens is 288 g/mol. The molecule has 0 atom stereocenters. The zero-order valence-corrected chi connectivity index (χ0v) is 7.58. The first kappa shape index (κ1) is 8.51. The van der Waals surface area contributed by atoms with Gasteiger partial charge in [0.1, 0.15) is 5.75 Å². The van der Waals surface area contributed by atoms with E-state index < -0.39 is 0 Å². The van der Waals surface area contributed by atoms with E-state index in [0.717, 1.165) is 0 Å². The number of aromatic hydroxyl groups is 1. The van der Waals surface area contributed by atoms with Gasteiger partial charge in [-0.3, -0.25) is 0 Å². The Morgan fingerprint density at radius 1 is 1.11 bits per heavy atom. The molecule has 0 saturated carbocycles. The van der Waals surface area contributed by atoms with Gasteiger partial charge in [-0.1, -0.05) is 18.2 Å². The molecule has 0 aliphatic heterocycles. The summed E-state index contributed by atoms with van der Waals surface area (Å²) in [5.41, 5.74) is 0. The molecule has 0 amide bonds. The van der Waals surface area contributed by atoms with Gasteiger partial charge in [-0.25, -0.2) is 0 Å². The molecule has 0 unspecified atom stereocenters. The molecule has 48 valence electrons. The van der Waals surface area contributed by atoms with Gasteiger partial charge in [-0.2, -0.15) is 0 Å². The fourth-order valence-corrected chi connectivity index (χ4v) is 0.428. The van der Waals surface area contributed by atoms with Crippen molar-refractivity contribution in [2.45, 2.75) is 0 Å². The predicted molar refractivity (Wildman–Crippen MR) is 28.8 cm³/mol. The average molecular weight is 294 g/mol. The second-order valence-corrected chi connectivity index (χ2v) is 1.34. The molecule has 1 aromatic rings. The fraction of sp³-hybridized carbons (Fsp3) is 0. The van der Waals surface area contributed by atoms with E-state index in [1.54, 1.807) is 24.3 Å². The van der Waals surface area contributed by atoms with Gasteiger partial charge in [0.25, 0.3) is 0 Å². The van der Waals surface area contributed by atoms with Crippen LogP contribution in [0.3, 0.4) is 0 Å². The van der Waals surface area contributed by atoms with Crippen LogP contribution < -0.4 is 0 Å². The van der Waals surface area contributed by atoms with Crippen LogP contribution in [0.1, 0.15) is 0 Å². The molecule has 0 fully saturated rings. The molecule has 0 aliphatic carbocycles. The molecule has 0 aliphatic rings. The van der Waals surface area contributed by atoms with Gasteiger partial charge in [-0.05, 0) is 12.1 Å². The van der Waals surface area contributed by atoms with E-state index in [1.165, 1.54) is 0 Å². The molecule has 0 radical (unpaired) electrons. The quantitative estimate of drug-likeness (QED) is 0.782. The monoisotopic (exact) mass is 294 g/mol. The van der Waals surface area contributed by atoms with Crippen molar-refractivity contribution in [3.05, 3.63) is 30.3 Å². The Morgan fingerprint density at radius 2 is 1.56 bits per heavy atom. The number of phenols is 1. The maximum atomic E-state index is 8.63. The molecule has 1 rings (SSSR count). The van der Waals surface area contributed by atoms with E-state index >= 15 is 0 Å². The SMILES string of the molecule is Oc1ccccc1.[O]=[W]. The van der Waals surface area contributed by atoms with Crippen molar-refractivity contribution in [2.24, 2.45) is 0 Å². The van der Waals surface area contributed by atoms with Gasteiger partial charge in [0.15, 0.2) is 0 Å². The minimum atomic E-state index is 0.322. The normalized spacial score (nSPS) is 7.11. The molecule has 9 heavy (non-hydrogen) atoms. The molecule has 1 aromatic carbocycles. The molecule has 0 heterocycles. The third-order valence-corrected chi connectivity index (χ3v) is 0.756. The predicted octanol–water partition coefficient (Wildman–Crippen LogP) is 1.27. The van der Waals surface area contributed by atoms with Gasteiger partial charge in [0.05, 0.1) is 0 Å². The summed E-state index contributed by atoms with van der Waals surface area (Å²) in [6.45, 7) is 0. The summed E-state index contributed by atoms with van der Waals surface area (Å²) in [5, 5.41) is 8.63. The third-order valence-electron chi connectivity index (χ3n) is 0.756. The molecule has 1 N–H and O–H groups in total. The van der Waals surface area contributed by atoms with Crippen LogP contribution in [0.25, 0.3) is 0 Å². The van der Waals surface area contributed by atoms with Crippen molar-refractivity contribution in [3.63, 3.8) is 0 Å². The second kappa shape index (κ2) is 5.64. The van der Waals surface area contributed by atoms with E-state index in [4.69, 9.17) is 8.50 Å². The third kappa shape index (κ3) is 4.04. The molecule has 0 spiro atoms. The molecule has 2 nitrogen and oxygen atoms in total. The van der Waals surface area contributed by atoms with Gasteiger partial charge in [-0.15, -0.1) is 0 Å². The van der Waals surface area contributed by atoms with E-state index in [2.05, 4.69) is 0 Å². The zero-order chi connectivity index (χ0) is 7.11. The number of para-hydroxylation sites is 1. The van der Waals surface area contributed by atoms with E-state index in [1.807, 2.05) is 6.07 Å². The number of hydrogen-bond acceptors (Lipinski definition) is 2. The Bertz CT molecular complexity index is 152. The number of phenolic OH excluding ortho intramolecular Hbond substituents is 1. The van der Waals surface area contributed by atoms with Gasteiger partial charge < -0.3 is 5.11 Å². The average Bonchev–Trinajstić information content (AvgIpc) is 1.94. The first-order chi connectivity index (χ1) is 4.39. The summed E-state index contributed by atoms with van der Waals surface area (Å²) in [4.78, 5) is 0. The van der Waals surface area contributed by atoms with Crippen molar-refractivity contribution in [2.75, 3.05) is 0 Å². The maximum absolute atomic E-state index is 8.63. The van der Waals surface area contributed by atoms with Crippen LogP contribution >= 0.6 is 0 Å². The zero-order valence-electron chi connectivity index (χ0n) is 4.65. The van der Waals surface area contributed by atoms with Crippen molar-refractivity contribution in [1.82, 2.24) is 0 Å². The van der Waals surface area contributed by atoms with Crippen molar-refractivity contribution in [1.29, 1.82) is 0 Å². The molecular formula is C6H6O2W.